The minimum Gasteiger partial charge on any atom is -0.493 e. The summed E-state index contributed by atoms with van der Waals surface area (Å²) in [5.41, 5.74) is -0.136. The molecule has 0 fully saturated rings. The van der Waals surface area contributed by atoms with Crippen molar-refractivity contribution in [3.63, 3.8) is 0 Å². The lowest BCUT2D eigenvalue weighted by Crippen LogP contribution is -2.20. The van der Waals surface area contributed by atoms with Crippen LogP contribution in [0.4, 0.5) is 8.78 Å². The Bertz CT molecular complexity index is 387. The third-order valence-corrected chi connectivity index (χ3v) is 2.55. The highest BCUT2D eigenvalue weighted by molar-refractivity contribution is 6.17. The molecule has 0 radical (unpaired) electrons. The lowest BCUT2D eigenvalue weighted by Gasteiger charge is -2.19. The quantitative estimate of drug-likeness (QED) is 0.802. The van der Waals surface area contributed by atoms with Crippen LogP contribution in [0.1, 0.15) is 18.1 Å². The molecule has 6 heteroatoms. The summed E-state index contributed by atoms with van der Waals surface area (Å²) >= 11 is 5.41. The molecular weight excluding hydrogens is 254 g/mol. The molecule has 2 unspecified atom stereocenters. The van der Waals surface area contributed by atoms with E-state index in [0.717, 1.165) is 6.07 Å². The normalized spacial score (nSPS) is 14.5. The van der Waals surface area contributed by atoms with E-state index in [-0.39, 0.29) is 23.6 Å². The van der Waals surface area contributed by atoms with Gasteiger partial charge in [-0.1, -0.05) is 0 Å². The van der Waals surface area contributed by atoms with Gasteiger partial charge in [0.25, 0.3) is 0 Å². The summed E-state index contributed by atoms with van der Waals surface area (Å²) in [6.45, 7) is 0. The van der Waals surface area contributed by atoms with Crippen molar-refractivity contribution in [2.45, 2.75) is 18.6 Å². The number of hydrogen-bond donors (Lipinski definition) is 2. The molecule has 0 saturated carbocycles. The molecule has 3 nitrogen and oxygen atoms in total. The van der Waals surface area contributed by atoms with Gasteiger partial charge in [-0.3, -0.25) is 0 Å². The van der Waals surface area contributed by atoms with Crippen LogP contribution in [0.3, 0.4) is 0 Å². The number of aliphatic hydroxyl groups is 2. The highest BCUT2D eigenvalue weighted by Crippen LogP contribution is 2.31. The first-order valence-electron chi connectivity index (χ1n) is 4.96. The average molecular weight is 267 g/mol. The Morgan fingerprint density at radius 3 is 2.53 bits per heavy atom. The fourth-order valence-electron chi connectivity index (χ4n) is 1.49. The molecule has 0 amide bonds. The molecule has 0 heterocycles. The number of methoxy groups -OCH3 is 1. The fourth-order valence-corrected chi connectivity index (χ4v) is 1.72. The summed E-state index contributed by atoms with van der Waals surface area (Å²) in [5.74, 6) is -1.94. The van der Waals surface area contributed by atoms with Gasteiger partial charge >= 0.3 is 0 Å². The standard InChI is InChI=1S/C11H13ClF2O3/c1-17-11-7(4-6(13)5-8(11)14)10(16)9(15)2-3-12/h4-5,9-10,15-16H,2-3H2,1H3. The smallest absolute Gasteiger partial charge is 0.168 e. The zero-order chi connectivity index (χ0) is 13.0. The summed E-state index contributed by atoms with van der Waals surface area (Å²) in [5, 5.41) is 19.3. The Morgan fingerprint density at radius 2 is 2.00 bits per heavy atom. The van der Waals surface area contributed by atoms with Crippen molar-refractivity contribution in [2.24, 2.45) is 0 Å². The number of benzene rings is 1. The number of halogens is 3. The first-order valence-corrected chi connectivity index (χ1v) is 5.49. The van der Waals surface area contributed by atoms with Crippen LogP contribution in [0.15, 0.2) is 12.1 Å². The Kier molecular flexibility index (Phi) is 5.11. The van der Waals surface area contributed by atoms with Gasteiger partial charge in [-0.2, -0.15) is 0 Å². The van der Waals surface area contributed by atoms with E-state index in [1.807, 2.05) is 0 Å². The van der Waals surface area contributed by atoms with E-state index in [9.17, 15) is 19.0 Å². The fraction of sp³-hybridized carbons (Fsp3) is 0.455. The molecule has 0 bridgehead atoms. The molecule has 0 aromatic heterocycles. The van der Waals surface area contributed by atoms with Crippen LogP contribution in [0.25, 0.3) is 0 Å². The van der Waals surface area contributed by atoms with Crippen LogP contribution in [-0.2, 0) is 0 Å². The molecule has 1 rings (SSSR count). The second-order valence-electron chi connectivity index (χ2n) is 3.50. The van der Waals surface area contributed by atoms with Crippen molar-refractivity contribution in [1.82, 2.24) is 0 Å². The zero-order valence-electron chi connectivity index (χ0n) is 9.16. The first kappa shape index (κ1) is 14.2. The van der Waals surface area contributed by atoms with Gasteiger partial charge in [0.1, 0.15) is 11.9 Å². The van der Waals surface area contributed by atoms with E-state index in [4.69, 9.17) is 16.3 Å². The maximum Gasteiger partial charge on any atom is 0.168 e. The third-order valence-electron chi connectivity index (χ3n) is 2.33. The van der Waals surface area contributed by atoms with E-state index in [2.05, 4.69) is 0 Å². The molecule has 0 saturated heterocycles. The van der Waals surface area contributed by atoms with Crippen LogP contribution < -0.4 is 4.74 Å². The number of rotatable bonds is 5. The molecule has 2 atom stereocenters. The van der Waals surface area contributed by atoms with Gasteiger partial charge in [-0.05, 0) is 12.5 Å². The maximum absolute atomic E-state index is 13.3. The van der Waals surface area contributed by atoms with Gasteiger partial charge in [0.2, 0.25) is 0 Å². The molecule has 17 heavy (non-hydrogen) atoms. The van der Waals surface area contributed by atoms with E-state index in [1.165, 1.54) is 7.11 Å². The molecule has 0 aliphatic heterocycles. The lowest BCUT2D eigenvalue weighted by molar-refractivity contribution is 0.0152. The molecule has 1 aromatic rings. The molecular formula is C11H13ClF2O3. The van der Waals surface area contributed by atoms with Gasteiger partial charge in [-0.25, -0.2) is 8.78 Å². The summed E-state index contributed by atoms with van der Waals surface area (Å²) in [4.78, 5) is 0. The molecule has 0 aliphatic rings. The molecule has 1 aromatic carbocycles. The molecule has 0 spiro atoms. The van der Waals surface area contributed by atoms with E-state index >= 15 is 0 Å². The zero-order valence-corrected chi connectivity index (χ0v) is 9.92. The summed E-state index contributed by atoms with van der Waals surface area (Å²) in [7, 11) is 1.19. The number of ether oxygens (including phenoxy) is 1. The Labute approximate surface area is 103 Å². The minimum absolute atomic E-state index is 0.101. The minimum atomic E-state index is -1.45. The largest absolute Gasteiger partial charge is 0.493 e. The Hall–Kier alpha value is -0.910. The van der Waals surface area contributed by atoms with Gasteiger partial charge in [0.15, 0.2) is 11.6 Å². The van der Waals surface area contributed by atoms with Crippen LogP contribution >= 0.6 is 11.6 Å². The van der Waals surface area contributed by atoms with Gasteiger partial charge in [0, 0.05) is 17.5 Å². The van der Waals surface area contributed by atoms with Crippen LogP contribution in [-0.4, -0.2) is 29.3 Å². The molecule has 96 valence electrons. The van der Waals surface area contributed by atoms with E-state index in [0.29, 0.717) is 6.07 Å². The van der Waals surface area contributed by atoms with Crippen molar-refractivity contribution >= 4 is 11.6 Å². The summed E-state index contributed by atoms with van der Waals surface area (Å²) in [6, 6.07) is 1.56. The van der Waals surface area contributed by atoms with E-state index < -0.39 is 23.8 Å². The highest BCUT2D eigenvalue weighted by atomic mass is 35.5. The van der Waals surface area contributed by atoms with Crippen molar-refractivity contribution < 1.29 is 23.7 Å². The molecule has 0 aliphatic carbocycles. The van der Waals surface area contributed by atoms with Crippen molar-refractivity contribution in [3.8, 4) is 5.75 Å². The Balaban J connectivity index is 3.11. The van der Waals surface area contributed by atoms with Crippen LogP contribution in [0.2, 0.25) is 0 Å². The lowest BCUT2D eigenvalue weighted by atomic mass is 10.0. The topological polar surface area (TPSA) is 49.7 Å². The highest BCUT2D eigenvalue weighted by Gasteiger charge is 2.24. The van der Waals surface area contributed by atoms with E-state index in [1.54, 1.807) is 0 Å². The van der Waals surface area contributed by atoms with Gasteiger partial charge < -0.3 is 14.9 Å². The predicted molar refractivity (Wildman–Crippen MR) is 59.2 cm³/mol. The van der Waals surface area contributed by atoms with Crippen molar-refractivity contribution in [3.05, 3.63) is 29.3 Å². The summed E-state index contributed by atoms with van der Waals surface area (Å²) < 4.78 is 31.1. The average Bonchev–Trinajstić information content (AvgIpc) is 2.27. The molecule has 2 N–H and O–H groups in total. The second-order valence-corrected chi connectivity index (χ2v) is 3.88. The number of aliphatic hydroxyl groups excluding tert-OH is 2. The predicted octanol–water partition coefficient (Wildman–Crippen LogP) is 2.00. The third kappa shape index (κ3) is 3.28. The Morgan fingerprint density at radius 1 is 1.35 bits per heavy atom. The van der Waals surface area contributed by atoms with Gasteiger partial charge in [-0.15, -0.1) is 11.6 Å². The second kappa shape index (κ2) is 6.14. The first-order chi connectivity index (χ1) is 8.01. The monoisotopic (exact) mass is 266 g/mol. The maximum atomic E-state index is 13.3. The number of hydrogen-bond acceptors (Lipinski definition) is 3. The van der Waals surface area contributed by atoms with Gasteiger partial charge in [0.05, 0.1) is 13.2 Å². The van der Waals surface area contributed by atoms with Crippen molar-refractivity contribution in [2.75, 3.05) is 13.0 Å². The summed E-state index contributed by atoms with van der Waals surface area (Å²) in [6.07, 6.45) is -2.55. The van der Waals surface area contributed by atoms with Crippen molar-refractivity contribution in [1.29, 1.82) is 0 Å². The SMILES string of the molecule is COc1c(F)cc(F)cc1C(O)C(O)CCCl. The van der Waals surface area contributed by atoms with Crippen LogP contribution in [0, 0.1) is 11.6 Å². The number of alkyl halides is 1. The van der Waals surface area contributed by atoms with Crippen LogP contribution in [0.5, 0.6) is 5.75 Å².